The van der Waals surface area contributed by atoms with E-state index in [1.807, 2.05) is 32.0 Å². The van der Waals surface area contributed by atoms with Gasteiger partial charge in [-0.15, -0.1) is 0 Å². The fraction of sp³-hybridized carbons (Fsp3) is 0.562. The van der Waals surface area contributed by atoms with Gasteiger partial charge in [0.25, 0.3) is 5.91 Å². The van der Waals surface area contributed by atoms with E-state index >= 15 is 0 Å². The molecule has 4 heteroatoms. The summed E-state index contributed by atoms with van der Waals surface area (Å²) in [5, 5.41) is 9.34. The molecule has 1 heterocycles. The molecule has 0 bridgehead atoms. The molecular weight excluding hydrogens is 254 g/mol. The number of aliphatic hydroxyl groups excluding tert-OH is 1. The molecule has 2 rings (SSSR count). The molecule has 0 radical (unpaired) electrons. The maximum atomic E-state index is 12.2. The molecule has 1 amide bonds. The van der Waals surface area contributed by atoms with E-state index in [0.29, 0.717) is 0 Å². The molecule has 1 atom stereocenters. The minimum Gasteiger partial charge on any atom is -0.483 e. The predicted molar refractivity (Wildman–Crippen MR) is 77.8 cm³/mol. The third-order valence-electron chi connectivity index (χ3n) is 4.06. The highest BCUT2D eigenvalue weighted by Gasteiger charge is 2.26. The first-order chi connectivity index (χ1) is 9.63. The zero-order chi connectivity index (χ0) is 14.5. The van der Waals surface area contributed by atoms with E-state index in [2.05, 4.69) is 0 Å². The lowest BCUT2D eigenvalue weighted by molar-refractivity contribution is -0.138. The number of nitrogens with zero attached hydrogens (tertiary/aromatic N) is 1. The van der Waals surface area contributed by atoms with Crippen LogP contribution in [-0.2, 0) is 4.79 Å². The number of piperidine rings is 1. The van der Waals surface area contributed by atoms with Gasteiger partial charge in [0.2, 0.25) is 0 Å². The maximum Gasteiger partial charge on any atom is 0.260 e. The lowest BCUT2D eigenvalue weighted by Crippen LogP contribution is -2.47. The van der Waals surface area contributed by atoms with E-state index < -0.39 is 0 Å². The molecule has 0 aromatic heterocycles. The first kappa shape index (κ1) is 14.9. The van der Waals surface area contributed by atoms with Crippen LogP contribution in [0.25, 0.3) is 0 Å². The molecule has 1 saturated heterocycles. The van der Waals surface area contributed by atoms with Crippen LogP contribution in [0, 0.1) is 13.8 Å². The van der Waals surface area contributed by atoms with E-state index in [1.54, 1.807) is 4.90 Å². The van der Waals surface area contributed by atoms with Gasteiger partial charge in [0.15, 0.2) is 6.61 Å². The van der Waals surface area contributed by atoms with Gasteiger partial charge < -0.3 is 14.7 Å². The van der Waals surface area contributed by atoms with Crippen molar-refractivity contribution in [3.05, 3.63) is 29.3 Å². The number of ether oxygens (including phenoxy) is 1. The van der Waals surface area contributed by atoms with E-state index in [4.69, 9.17) is 4.74 Å². The average Bonchev–Trinajstić information content (AvgIpc) is 2.48. The first-order valence-corrected chi connectivity index (χ1v) is 7.23. The van der Waals surface area contributed by atoms with Crippen LogP contribution in [0.1, 0.15) is 30.4 Å². The third kappa shape index (κ3) is 3.31. The van der Waals surface area contributed by atoms with Crippen LogP contribution in [0.2, 0.25) is 0 Å². The van der Waals surface area contributed by atoms with Crippen LogP contribution in [-0.4, -0.2) is 41.7 Å². The highest BCUT2D eigenvalue weighted by molar-refractivity contribution is 5.78. The number of carbonyl (C=O) groups excluding carboxylic acids is 1. The van der Waals surface area contributed by atoms with Crippen molar-refractivity contribution in [2.45, 2.75) is 39.2 Å². The second-order valence-corrected chi connectivity index (χ2v) is 5.41. The highest BCUT2D eigenvalue weighted by Crippen LogP contribution is 2.21. The van der Waals surface area contributed by atoms with Crippen LogP contribution in [0.5, 0.6) is 5.75 Å². The molecular formula is C16H23NO3. The summed E-state index contributed by atoms with van der Waals surface area (Å²) in [4.78, 5) is 14.0. The Hall–Kier alpha value is -1.55. The van der Waals surface area contributed by atoms with E-state index in [-0.39, 0.29) is 25.2 Å². The Kier molecular flexibility index (Phi) is 5.01. The van der Waals surface area contributed by atoms with Gasteiger partial charge in [0.05, 0.1) is 12.6 Å². The van der Waals surface area contributed by atoms with Crippen molar-refractivity contribution in [3.63, 3.8) is 0 Å². The normalized spacial score (nSPS) is 18.9. The van der Waals surface area contributed by atoms with Gasteiger partial charge in [0.1, 0.15) is 5.75 Å². The van der Waals surface area contributed by atoms with E-state index in [9.17, 15) is 9.90 Å². The fourth-order valence-corrected chi connectivity index (χ4v) is 2.62. The molecule has 1 aromatic carbocycles. The third-order valence-corrected chi connectivity index (χ3v) is 4.06. The van der Waals surface area contributed by atoms with Crippen molar-refractivity contribution < 1.29 is 14.6 Å². The number of hydrogen-bond donors (Lipinski definition) is 1. The molecule has 1 fully saturated rings. The Bertz CT molecular complexity index is 473. The molecule has 20 heavy (non-hydrogen) atoms. The minimum absolute atomic E-state index is 0.0369. The Morgan fingerprint density at radius 1 is 1.40 bits per heavy atom. The minimum atomic E-state index is -0.0431. The molecule has 1 aromatic rings. The van der Waals surface area contributed by atoms with Crippen molar-refractivity contribution >= 4 is 5.91 Å². The summed E-state index contributed by atoms with van der Waals surface area (Å²) in [5.74, 6) is 0.723. The number of aryl methyl sites for hydroxylation is 1. The summed E-state index contributed by atoms with van der Waals surface area (Å²) >= 11 is 0. The smallest absolute Gasteiger partial charge is 0.260 e. The number of aliphatic hydroxyl groups is 1. The van der Waals surface area contributed by atoms with E-state index in [1.165, 1.54) is 0 Å². The molecule has 0 spiro atoms. The lowest BCUT2D eigenvalue weighted by atomic mass is 10.0. The Morgan fingerprint density at radius 3 is 2.95 bits per heavy atom. The number of amides is 1. The Labute approximate surface area is 120 Å². The van der Waals surface area contributed by atoms with Gasteiger partial charge in [-0.1, -0.05) is 12.1 Å². The van der Waals surface area contributed by atoms with Crippen LogP contribution in [0.15, 0.2) is 18.2 Å². The Morgan fingerprint density at radius 2 is 2.20 bits per heavy atom. The van der Waals surface area contributed by atoms with Crippen LogP contribution in [0.4, 0.5) is 0 Å². The molecule has 0 aliphatic carbocycles. The van der Waals surface area contributed by atoms with Crippen molar-refractivity contribution in [2.24, 2.45) is 0 Å². The molecule has 1 aliphatic rings. The van der Waals surface area contributed by atoms with Crippen molar-refractivity contribution in [3.8, 4) is 5.75 Å². The summed E-state index contributed by atoms with van der Waals surface area (Å²) in [6, 6.07) is 5.80. The van der Waals surface area contributed by atoms with E-state index in [0.717, 1.165) is 42.7 Å². The summed E-state index contributed by atoms with van der Waals surface area (Å²) in [7, 11) is 0. The largest absolute Gasteiger partial charge is 0.483 e. The van der Waals surface area contributed by atoms with Crippen molar-refractivity contribution in [1.82, 2.24) is 4.90 Å². The van der Waals surface area contributed by atoms with Crippen molar-refractivity contribution in [1.29, 1.82) is 0 Å². The number of hydrogen-bond acceptors (Lipinski definition) is 3. The second kappa shape index (κ2) is 6.75. The van der Waals surface area contributed by atoms with Gasteiger partial charge in [0, 0.05) is 6.54 Å². The number of carbonyl (C=O) groups is 1. The highest BCUT2D eigenvalue weighted by atomic mass is 16.5. The predicted octanol–water partition coefficient (Wildman–Crippen LogP) is 2.06. The average molecular weight is 277 g/mol. The van der Waals surface area contributed by atoms with Crippen molar-refractivity contribution in [2.75, 3.05) is 19.8 Å². The monoisotopic (exact) mass is 277 g/mol. The molecule has 110 valence electrons. The topological polar surface area (TPSA) is 49.8 Å². The number of likely N-dealkylation sites (tertiary alicyclic amines) is 1. The van der Waals surface area contributed by atoms with Gasteiger partial charge in [-0.2, -0.15) is 0 Å². The first-order valence-electron chi connectivity index (χ1n) is 7.23. The zero-order valence-electron chi connectivity index (χ0n) is 12.3. The summed E-state index contributed by atoms with van der Waals surface area (Å²) in [6.07, 6.45) is 2.96. The van der Waals surface area contributed by atoms with Gasteiger partial charge in [-0.25, -0.2) is 0 Å². The molecule has 1 aliphatic heterocycles. The Balaban J connectivity index is 1.96. The number of benzene rings is 1. The van der Waals surface area contributed by atoms with Gasteiger partial charge >= 0.3 is 0 Å². The summed E-state index contributed by atoms with van der Waals surface area (Å²) in [5.41, 5.74) is 2.22. The SMILES string of the molecule is Cc1cccc(OCC(=O)N2CCCCC2CO)c1C. The molecule has 1 unspecified atom stereocenters. The molecule has 0 saturated carbocycles. The lowest BCUT2D eigenvalue weighted by Gasteiger charge is -2.34. The molecule has 4 nitrogen and oxygen atoms in total. The maximum absolute atomic E-state index is 12.2. The summed E-state index contributed by atoms with van der Waals surface area (Å²) < 4.78 is 5.65. The van der Waals surface area contributed by atoms with Crippen LogP contribution in [0.3, 0.4) is 0 Å². The second-order valence-electron chi connectivity index (χ2n) is 5.41. The number of rotatable bonds is 4. The van der Waals surface area contributed by atoms with Gasteiger partial charge in [-0.05, 0) is 50.3 Å². The quantitative estimate of drug-likeness (QED) is 0.916. The van der Waals surface area contributed by atoms with Crippen LogP contribution >= 0.6 is 0 Å². The summed E-state index contributed by atoms with van der Waals surface area (Å²) in [6.45, 7) is 4.82. The standard InChI is InChI=1S/C16H23NO3/c1-12-6-5-8-15(13(12)2)20-11-16(19)17-9-4-3-7-14(17)10-18/h5-6,8,14,18H,3-4,7,9-11H2,1-2H3. The van der Waals surface area contributed by atoms with Gasteiger partial charge in [-0.3, -0.25) is 4.79 Å². The fourth-order valence-electron chi connectivity index (χ4n) is 2.62. The molecule has 1 N–H and O–H groups in total. The zero-order valence-corrected chi connectivity index (χ0v) is 12.3. The van der Waals surface area contributed by atoms with Crippen LogP contribution < -0.4 is 4.74 Å².